The maximum Gasteiger partial charge on any atom is 0.329 e. The zero-order valence-corrected chi connectivity index (χ0v) is 12.4. The molecule has 22 heavy (non-hydrogen) atoms. The predicted octanol–water partition coefficient (Wildman–Crippen LogP) is 1.20. The Labute approximate surface area is 126 Å². The number of H-pyrrole nitrogens is 1. The SMILES string of the molecule is CN(C)c1ncccc1Cn1c(=O)[nH]c2ccccc2c1=O. The van der Waals surface area contributed by atoms with Crippen molar-refractivity contribution in [3.05, 3.63) is 69.0 Å². The fraction of sp³-hybridized carbons (Fsp3) is 0.188. The molecule has 0 spiro atoms. The summed E-state index contributed by atoms with van der Waals surface area (Å²) in [5.74, 6) is 0.738. The molecule has 0 bridgehead atoms. The standard InChI is InChI=1S/C16H16N4O2/c1-19(2)14-11(6-5-9-17-14)10-20-15(21)12-7-3-4-8-13(12)18-16(20)22/h3-9H,10H2,1-2H3,(H,18,22). The smallest absolute Gasteiger partial charge is 0.329 e. The minimum atomic E-state index is -0.419. The molecule has 0 saturated heterocycles. The van der Waals surface area contributed by atoms with Crippen LogP contribution in [0.4, 0.5) is 5.82 Å². The molecule has 0 radical (unpaired) electrons. The number of hydrogen-bond donors (Lipinski definition) is 1. The molecule has 0 aliphatic rings. The van der Waals surface area contributed by atoms with Crippen LogP contribution in [0.15, 0.2) is 52.2 Å². The van der Waals surface area contributed by atoms with Gasteiger partial charge < -0.3 is 9.88 Å². The van der Waals surface area contributed by atoms with E-state index in [0.717, 1.165) is 11.4 Å². The van der Waals surface area contributed by atoms with Gasteiger partial charge in [0.2, 0.25) is 0 Å². The van der Waals surface area contributed by atoms with E-state index in [1.165, 1.54) is 4.57 Å². The van der Waals surface area contributed by atoms with E-state index in [1.807, 2.05) is 25.1 Å². The van der Waals surface area contributed by atoms with Crippen LogP contribution in [-0.2, 0) is 6.54 Å². The van der Waals surface area contributed by atoms with Crippen molar-refractivity contribution in [1.29, 1.82) is 0 Å². The molecule has 0 atom stereocenters. The van der Waals surface area contributed by atoms with Crippen molar-refractivity contribution < 1.29 is 0 Å². The molecule has 0 unspecified atom stereocenters. The third kappa shape index (κ3) is 2.39. The lowest BCUT2D eigenvalue weighted by atomic mass is 10.2. The monoisotopic (exact) mass is 296 g/mol. The average molecular weight is 296 g/mol. The lowest BCUT2D eigenvalue weighted by Gasteiger charge is -2.16. The number of pyridine rings is 1. The number of rotatable bonds is 3. The number of benzene rings is 1. The van der Waals surface area contributed by atoms with Crippen molar-refractivity contribution in [2.45, 2.75) is 6.54 Å². The Bertz CT molecular complexity index is 941. The Kier molecular flexibility index (Phi) is 3.50. The van der Waals surface area contributed by atoms with Gasteiger partial charge in [-0.2, -0.15) is 0 Å². The molecule has 0 aliphatic carbocycles. The predicted molar refractivity (Wildman–Crippen MR) is 86.5 cm³/mol. The Morgan fingerprint density at radius 2 is 1.91 bits per heavy atom. The van der Waals surface area contributed by atoms with E-state index in [9.17, 15) is 9.59 Å². The van der Waals surface area contributed by atoms with Crippen molar-refractivity contribution in [1.82, 2.24) is 14.5 Å². The first-order valence-electron chi connectivity index (χ1n) is 6.91. The second-order valence-corrected chi connectivity index (χ2v) is 5.25. The molecule has 1 N–H and O–H groups in total. The third-order valence-corrected chi connectivity index (χ3v) is 3.51. The van der Waals surface area contributed by atoms with E-state index in [2.05, 4.69) is 9.97 Å². The summed E-state index contributed by atoms with van der Waals surface area (Å²) in [5, 5.41) is 0.498. The molecule has 3 rings (SSSR count). The van der Waals surface area contributed by atoms with Crippen LogP contribution < -0.4 is 16.1 Å². The van der Waals surface area contributed by atoms with Crippen LogP contribution in [0.1, 0.15) is 5.56 Å². The highest BCUT2D eigenvalue weighted by atomic mass is 16.2. The highest BCUT2D eigenvalue weighted by molar-refractivity contribution is 5.76. The maximum atomic E-state index is 12.5. The average Bonchev–Trinajstić information content (AvgIpc) is 2.51. The van der Waals surface area contributed by atoms with Crippen LogP contribution in [0.5, 0.6) is 0 Å². The lowest BCUT2D eigenvalue weighted by molar-refractivity contribution is 0.708. The largest absolute Gasteiger partial charge is 0.362 e. The van der Waals surface area contributed by atoms with E-state index >= 15 is 0 Å². The molecule has 6 heteroatoms. The number of nitrogens with zero attached hydrogens (tertiary/aromatic N) is 3. The first-order valence-corrected chi connectivity index (χ1v) is 6.91. The molecule has 0 aliphatic heterocycles. The Balaban J connectivity index is 2.17. The Morgan fingerprint density at radius 3 is 2.68 bits per heavy atom. The van der Waals surface area contributed by atoms with Gasteiger partial charge in [0.1, 0.15) is 5.82 Å². The second kappa shape index (κ2) is 5.48. The molecule has 3 aromatic rings. The van der Waals surface area contributed by atoms with Crippen molar-refractivity contribution in [2.75, 3.05) is 19.0 Å². The number of aromatic nitrogens is 3. The molecular weight excluding hydrogens is 280 g/mol. The lowest BCUT2D eigenvalue weighted by Crippen LogP contribution is -2.35. The van der Waals surface area contributed by atoms with Crippen molar-refractivity contribution in [2.24, 2.45) is 0 Å². The summed E-state index contributed by atoms with van der Waals surface area (Å²) in [7, 11) is 3.75. The van der Waals surface area contributed by atoms with Gasteiger partial charge in [-0.3, -0.25) is 9.36 Å². The highest BCUT2D eigenvalue weighted by Gasteiger charge is 2.11. The van der Waals surface area contributed by atoms with Crippen LogP contribution in [0.25, 0.3) is 10.9 Å². The van der Waals surface area contributed by atoms with Crippen LogP contribution in [0, 0.1) is 0 Å². The van der Waals surface area contributed by atoms with Gasteiger partial charge in [0.05, 0.1) is 17.4 Å². The first kappa shape index (κ1) is 14.1. The topological polar surface area (TPSA) is 71.0 Å². The van der Waals surface area contributed by atoms with Crippen LogP contribution in [-0.4, -0.2) is 28.6 Å². The summed E-state index contributed by atoms with van der Waals surface area (Å²) in [6, 6.07) is 10.7. The van der Waals surface area contributed by atoms with E-state index in [0.29, 0.717) is 10.9 Å². The number of aromatic amines is 1. The normalized spacial score (nSPS) is 10.8. The number of fused-ring (bicyclic) bond motifs is 1. The van der Waals surface area contributed by atoms with Gasteiger partial charge >= 0.3 is 5.69 Å². The van der Waals surface area contributed by atoms with E-state index in [4.69, 9.17) is 0 Å². The van der Waals surface area contributed by atoms with Crippen molar-refractivity contribution in [3.63, 3.8) is 0 Å². The third-order valence-electron chi connectivity index (χ3n) is 3.51. The minimum absolute atomic E-state index is 0.181. The fourth-order valence-corrected chi connectivity index (χ4v) is 2.47. The van der Waals surface area contributed by atoms with Crippen molar-refractivity contribution >= 4 is 16.7 Å². The summed E-state index contributed by atoms with van der Waals surface area (Å²) in [6.45, 7) is 0.181. The van der Waals surface area contributed by atoms with Gasteiger partial charge in [-0.25, -0.2) is 9.78 Å². The molecule has 6 nitrogen and oxygen atoms in total. The van der Waals surface area contributed by atoms with Gasteiger partial charge in [0, 0.05) is 25.9 Å². The molecule has 2 aromatic heterocycles. The van der Waals surface area contributed by atoms with Crippen LogP contribution in [0.2, 0.25) is 0 Å². The van der Waals surface area contributed by atoms with Gasteiger partial charge in [-0.15, -0.1) is 0 Å². The van der Waals surface area contributed by atoms with Crippen molar-refractivity contribution in [3.8, 4) is 0 Å². The van der Waals surface area contributed by atoms with E-state index < -0.39 is 5.69 Å². The quantitative estimate of drug-likeness (QED) is 0.788. The highest BCUT2D eigenvalue weighted by Crippen LogP contribution is 2.14. The molecule has 0 amide bonds. The molecule has 2 heterocycles. The summed E-state index contributed by atoms with van der Waals surface area (Å²) in [6.07, 6.45) is 1.69. The van der Waals surface area contributed by atoms with Crippen LogP contribution >= 0.6 is 0 Å². The fourth-order valence-electron chi connectivity index (χ4n) is 2.47. The zero-order valence-electron chi connectivity index (χ0n) is 12.4. The molecule has 112 valence electrons. The molecule has 0 fully saturated rings. The van der Waals surface area contributed by atoms with Gasteiger partial charge in [-0.05, 0) is 18.2 Å². The van der Waals surface area contributed by atoms with E-state index in [1.54, 1.807) is 36.5 Å². The van der Waals surface area contributed by atoms with Gasteiger partial charge in [-0.1, -0.05) is 18.2 Å². The van der Waals surface area contributed by atoms with Crippen LogP contribution in [0.3, 0.4) is 0 Å². The Hall–Kier alpha value is -2.89. The molecular formula is C16H16N4O2. The number of para-hydroxylation sites is 1. The minimum Gasteiger partial charge on any atom is -0.362 e. The van der Waals surface area contributed by atoms with E-state index in [-0.39, 0.29) is 12.1 Å². The zero-order chi connectivity index (χ0) is 15.7. The number of nitrogens with one attached hydrogen (secondary N) is 1. The summed E-state index contributed by atoms with van der Waals surface area (Å²) < 4.78 is 1.20. The summed E-state index contributed by atoms with van der Waals surface area (Å²) in [4.78, 5) is 33.6. The molecule has 1 aromatic carbocycles. The first-order chi connectivity index (χ1) is 10.6. The molecule has 0 saturated carbocycles. The Morgan fingerprint density at radius 1 is 1.14 bits per heavy atom. The second-order valence-electron chi connectivity index (χ2n) is 5.25. The summed E-state index contributed by atoms with van der Waals surface area (Å²) in [5.41, 5.74) is 0.647. The number of hydrogen-bond acceptors (Lipinski definition) is 4. The maximum absolute atomic E-state index is 12.5. The number of anilines is 1. The van der Waals surface area contributed by atoms with Gasteiger partial charge in [0.15, 0.2) is 0 Å². The summed E-state index contributed by atoms with van der Waals surface area (Å²) >= 11 is 0. The van der Waals surface area contributed by atoms with Gasteiger partial charge in [0.25, 0.3) is 5.56 Å².